The van der Waals surface area contributed by atoms with Crippen LogP contribution in [-0.2, 0) is 15.3 Å². The number of esters is 1. The minimum atomic E-state index is -0.596. The predicted molar refractivity (Wildman–Crippen MR) is 150 cm³/mol. The summed E-state index contributed by atoms with van der Waals surface area (Å²) in [5.41, 5.74) is 3.99. The highest BCUT2D eigenvalue weighted by atomic mass is 32.2. The molecule has 1 aliphatic rings. The van der Waals surface area contributed by atoms with Gasteiger partial charge >= 0.3 is 5.97 Å². The number of hydrogen-bond donors (Lipinski definition) is 2. The Labute approximate surface area is 230 Å². The lowest BCUT2D eigenvalue weighted by Gasteiger charge is -2.29. The van der Waals surface area contributed by atoms with Crippen molar-refractivity contribution >= 4 is 35.3 Å². The second kappa shape index (κ2) is 11.4. The van der Waals surface area contributed by atoms with Crippen LogP contribution in [0.25, 0.3) is 0 Å². The first-order valence-electron chi connectivity index (χ1n) is 12.2. The van der Waals surface area contributed by atoms with Crippen LogP contribution in [0.5, 0.6) is 5.75 Å². The Morgan fingerprint density at radius 2 is 1.72 bits per heavy atom. The highest BCUT2D eigenvalue weighted by molar-refractivity contribution is 7.98. The quantitative estimate of drug-likeness (QED) is 0.229. The fourth-order valence-corrected chi connectivity index (χ4v) is 5.16. The molecule has 2 heterocycles. The first-order valence-corrected chi connectivity index (χ1v) is 13.2. The number of nitrogens with zero attached hydrogens (tertiary/aromatic N) is 3. The first kappa shape index (κ1) is 26.1. The van der Waals surface area contributed by atoms with Crippen LogP contribution >= 0.6 is 11.8 Å². The van der Waals surface area contributed by atoms with Gasteiger partial charge in [0, 0.05) is 11.4 Å². The SMILES string of the molecule is COC(=O)c1ccc(C2C(C(=O)Nc3ccccc3OC)=C(C)Nc3nc(SCc4ccccc4)nn32)cc1. The molecule has 2 N–H and O–H groups in total. The molecule has 1 aliphatic heterocycles. The van der Waals surface area contributed by atoms with Crippen molar-refractivity contribution in [2.75, 3.05) is 24.9 Å². The fourth-order valence-electron chi connectivity index (χ4n) is 4.37. The summed E-state index contributed by atoms with van der Waals surface area (Å²) in [6.45, 7) is 1.84. The van der Waals surface area contributed by atoms with E-state index >= 15 is 0 Å². The lowest BCUT2D eigenvalue weighted by Crippen LogP contribution is -2.31. The van der Waals surface area contributed by atoms with Gasteiger partial charge in [-0.1, -0.05) is 66.4 Å². The molecule has 0 radical (unpaired) electrons. The minimum Gasteiger partial charge on any atom is -0.495 e. The Kier molecular flexibility index (Phi) is 7.64. The van der Waals surface area contributed by atoms with Gasteiger partial charge in [-0.05, 0) is 42.3 Å². The number of rotatable bonds is 8. The zero-order valence-electron chi connectivity index (χ0n) is 21.7. The van der Waals surface area contributed by atoms with E-state index in [2.05, 4.69) is 22.8 Å². The van der Waals surface area contributed by atoms with Gasteiger partial charge in [0.1, 0.15) is 11.8 Å². The monoisotopic (exact) mass is 541 g/mol. The number of ether oxygens (including phenoxy) is 2. The third kappa shape index (κ3) is 5.51. The molecule has 5 rings (SSSR count). The predicted octanol–water partition coefficient (Wildman–Crippen LogP) is 5.29. The number of amides is 1. The number of carbonyl (C=O) groups is 2. The van der Waals surface area contributed by atoms with E-state index < -0.39 is 12.0 Å². The van der Waals surface area contributed by atoms with Gasteiger partial charge in [-0.25, -0.2) is 9.48 Å². The van der Waals surface area contributed by atoms with Gasteiger partial charge in [-0.15, -0.1) is 5.10 Å². The van der Waals surface area contributed by atoms with E-state index in [1.165, 1.54) is 18.9 Å². The number of benzene rings is 3. The van der Waals surface area contributed by atoms with Gasteiger partial charge in [-0.2, -0.15) is 4.98 Å². The van der Waals surface area contributed by atoms with Gasteiger partial charge in [-0.3, -0.25) is 4.79 Å². The highest BCUT2D eigenvalue weighted by Gasteiger charge is 2.34. The molecule has 198 valence electrons. The molecule has 39 heavy (non-hydrogen) atoms. The van der Waals surface area contributed by atoms with Crippen LogP contribution in [-0.4, -0.2) is 40.9 Å². The maximum absolute atomic E-state index is 13.8. The molecule has 10 heteroatoms. The van der Waals surface area contributed by atoms with Gasteiger partial charge < -0.3 is 20.1 Å². The van der Waals surface area contributed by atoms with Crippen molar-refractivity contribution in [1.82, 2.24) is 14.8 Å². The third-order valence-electron chi connectivity index (χ3n) is 6.29. The molecule has 1 aromatic heterocycles. The number of carbonyl (C=O) groups excluding carboxylic acids is 2. The van der Waals surface area contributed by atoms with Crippen molar-refractivity contribution in [3.8, 4) is 5.75 Å². The summed E-state index contributed by atoms with van der Waals surface area (Å²) < 4.78 is 12.0. The molecule has 9 nitrogen and oxygen atoms in total. The highest BCUT2D eigenvalue weighted by Crippen LogP contribution is 2.37. The second-order valence-electron chi connectivity index (χ2n) is 8.77. The smallest absolute Gasteiger partial charge is 0.337 e. The van der Waals surface area contributed by atoms with E-state index in [1.807, 2.05) is 37.3 Å². The molecule has 1 amide bonds. The molecule has 3 aromatic carbocycles. The van der Waals surface area contributed by atoms with Crippen molar-refractivity contribution in [2.24, 2.45) is 0 Å². The summed E-state index contributed by atoms with van der Waals surface area (Å²) in [7, 11) is 2.89. The van der Waals surface area contributed by atoms with Crippen molar-refractivity contribution in [1.29, 1.82) is 0 Å². The van der Waals surface area contributed by atoms with E-state index in [4.69, 9.17) is 19.6 Å². The molecule has 0 aliphatic carbocycles. The molecule has 0 bridgehead atoms. The number of anilines is 2. The van der Waals surface area contributed by atoms with Crippen LogP contribution in [0, 0.1) is 0 Å². The molecule has 1 atom stereocenters. The molecule has 0 fully saturated rings. The van der Waals surface area contributed by atoms with Crippen molar-refractivity contribution < 1.29 is 19.1 Å². The third-order valence-corrected chi connectivity index (χ3v) is 7.20. The Hall–Kier alpha value is -4.57. The molecule has 0 saturated heterocycles. The van der Waals surface area contributed by atoms with Crippen LogP contribution in [0.2, 0.25) is 0 Å². The average molecular weight is 542 g/mol. The average Bonchev–Trinajstić information content (AvgIpc) is 3.38. The summed E-state index contributed by atoms with van der Waals surface area (Å²) in [6.07, 6.45) is 0. The Morgan fingerprint density at radius 3 is 2.44 bits per heavy atom. The zero-order valence-corrected chi connectivity index (χ0v) is 22.5. The maximum atomic E-state index is 13.8. The molecule has 1 unspecified atom stereocenters. The van der Waals surface area contributed by atoms with Gasteiger partial charge in [0.05, 0.1) is 31.0 Å². The van der Waals surface area contributed by atoms with Crippen LogP contribution in [0.3, 0.4) is 0 Å². The number of nitrogens with one attached hydrogen (secondary N) is 2. The Balaban J connectivity index is 1.51. The molecule has 0 spiro atoms. The van der Waals surface area contributed by atoms with Crippen LogP contribution in [0.15, 0.2) is 95.3 Å². The number of methoxy groups -OCH3 is 2. The van der Waals surface area contributed by atoms with Crippen LogP contribution < -0.4 is 15.4 Å². The maximum Gasteiger partial charge on any atom is 0.337 e. The second-order valence-corrected chi connectivity index (χ2v) is 9.71. The number of para-hydroxylation sites is 2. The number of thioether (sulfide) groups is 1. The van der Waals surface area contributed by atoms with Crippen molar-refractivity contribution in [3.05, 3.63) is 107 Å². The summed E-state index contributed by atoms with van der Waals surface area (Å²) in [5, 5.41) is 11.6. The van der Waals surface area contributed by atoms with E-state index in [-0.39, 0.29) is 5.91 Å². The summed E-state index contributed by atoms with van der Waals surface area (Å²) >= 11 is 1.51. The Morgan fingerprint density at radius 1 is 1.00 bits per heavy atom. The van der Waals surface area contributed by atoms with Gasteiger partial charge in [0.25, 0.3) is 5.91 Å². The number of allylic oxidation sites excluding steroid dienone is 1. The van der Waals surface area contributed by atoms with E-state index in [1.54, 1.807) is 48.2 Å². The normalized spacial score (nSPS) is 14.3. The standard InChI is InChI=1S/C29H27N5O4S/c1-18-24(26(35)31-22-11-7-8-12-23(22)37-2)25(20-13-15-21(16-14-20)27(36)38-3)34-28(30-18)32-29(33-34)39-17-19-9-5-4-6-10-19/h4-16,25H,17H2,1-3H3,(H,31,35)(H,30,32,33). The molecular formula is C29H27N5O4S. The topological polar surface area (TPSA) is 107 Å². The molecular weight excluding hydrogens is 514 g/mol. The van der Waals surface area contributed by atoms with Gasteiger partial charge in [0.2, 0.25) is 11.1 Å². The number of hydrogen-bond acceptors (Lipinski definition) is 8. The Bertz CT molecular complexity index is 1530. The van der Waals surface area contributed by atoms with Crippen molar-refractivity contribution in [3.63, 3.8) is 0 Å². The van der Waals surface area contributed by atoms with Crippen LogP contribution in [0.4, 0.5) is 11.6 Å². The van der Waals surface area contributed by atoms with Crippen molar-refractivity contribution in [2.45, 2.75) is 23.9 Å². The van der Waals surface area contributed by atoms with E-state index in [0.29, 0.717) is 45.1 Å². The van der Waals surface area contributed by atoms with Gasteiger partial charge in [0.15, 0.2) is 0 Å². The molecule has 4 aromatic rings. The van der Waals surface area contributed by atoms with E-state index in [0.717, 1.165) is 11.1 Å². The minimum absolute atomic E-state index is 0.314. The lowest BCUT2D eigenvalue weighted by atomic mass is 9.94. The first-order chi connectivity index (χ1) is 19.0. The fraction of sp³-hybridized carbons (Fsp3) is 0.172. The summed E-state index contributed by atoms with van der Waals surface area (Å²) in [5.74, 6) is 1.03. The summed E-state index contributed by atoms with van der Waals surface area (Å²) in [4.78, 5) is 30.5. The number of fused-ring (bicyclic) bond motifs is 1. The lowest BCUT2D eigenvalue weighted by molar-refractivity contribution is -0.113. The summed E-state index contributed by atoms with van der Waals surface area (Å²) in [6, 6.07) is 23.7. The van der Waals surface area contributed by atoms with E-state index in [9.17, 15) is 9.59 Å². The van der Waals surface area contributed by atoms with Crippen LogP contribution in [0.1, 0.15) is 34.5 Å². The largest absolute Gasteiger partial charge is 0.495 e. The molecule has 0 saturated carbocycles. The zero-order chi connectivity index (χ0) is 27.4. The number of aromatic nitrogens is 3.